The number of aromatic amines is 1. The number of halogens is 1. The van der Waals surface area contributed by atoms with E-state index < -0.39 is 0 Å². The molecule has 1 amide bonds. The van der Waals surface area contributed by atoms with Gasteiger partial charge >= 0.3 is 0 Å². The van der Waals surface area contributed by atoms with Crippen molar-refractivity contribution in [3.8, 4) is 11.3 Å². The van der Waals surface area contributed by atoms with Crippen molar-refractivity contribution in [2.45, 2.75) is 13.5 Å². The molecule has 164 valence electrons. The molecule has 0 bridgehead atoms. The van der Waals surface area contributed by atoms with E-state index in [2.05, 4.69) is 20.4 Å². The fourth-order valence-electron chi connectivity index (χ4n) is 3.46. The predicted molar refractivity (Wildman–Crippen MR) is 131 cm³/mol. The summed E-state index contributed by atoms with van der Waals surface area (Å²) in [6.07, 6.45) is 5.39. The molecule has 0 atom stereocenters. The molecule has 1 saturated heterocycles. The molecule has 0 spiro atoms. The SMILES string of the molecule is CCNC(=NCc1ncc(-c2ccccc2)[nH]1)N1CCN(c2cnn(C)c2)C(=O)C1.I. The molecule has 3 aromatic rings. The lowest BCUT2D eigenvalue weighted by molar-refractivity contribution is -0.120. The van der Waals surface area contributed by atoms with Gasteiger partial charge in [0.25, 0.3) is 0 Å². The summed E-state index contributed by atoms with van der Waals surface area (Å²) < 4.78 is 1.70. The molecule has 31 heavy (non-hydrogen) atoms. The maximum Gasteiger partial charge on any atom is 0.246 e. The van der Waals surface area contributed by atoms with Crippen molar-refractivity contribution in [2.75, 3.05) is 31.1 Å². The minimum Gasteiger partial charge on any atom is -0.356 e. The molecule has 0 aliphatic carbocycles. The first-order valence-corrected chi connectivity index (χ1v) is 10.1. The normalized spacial score (nSPS) is 14.5. The molecule has 2 aromatic heterocycles. The maximum atomic E-state index is 12.7. The topological polar surface area (TPSA) is 94.4 Å². The summed E-state index contributed by atoms with van der Waals surface area (Å²) in [6, 6.07) is 10.1. The summed E-state index contributed by atoms with van der Waals surface area (Å²) in [5.74, 6) is 1.53. The van der Waals surface area contributed by atoms with Crippen molar-refractivity contribution >= 4 is 41.5 Å². The van der Waals surface area contributed by atoms with E-state index in [0.717, 1.165) is 29.3 Å². The van der Waals surface area contributed by atoms with Crippen molar-refractivity contribution in [3.63, 3.8) is 0 Å². The number of rotatable bonds is 5. The van der Waals surface area contributed by atoms with Crippen LogP contribution in [0.3, 0.4) is 0 Å². The Labute approximate surface area is 198 Å². The van der Waals surface area contributed by atoms with E-state index in [1.165, 1.54) is 0 Å². The van der Waals surface area contributed by atoms with Crippen LogP contribution in [0.15, 0.2) is 53.9 Å². The molecular weight excluding hydrogens is 507 g/mol. The number of hydrogen-bond donors (Lipinski definition) is 2. The van der Waals surface area contributed by atoms with Gasteiger partial charge in [0.2, 0.25) is 5.91 Å². The molecule has 1 fully saturated rings. The van der Waals surface area contributed by atoms with E-state index >= 15 is 0 Å². The molecule has 2 N–H and O–H groups in total. The van der Waals surface area contributed by atoms with Crippen molar-refractivity contribution in [1.29, 1.82) is 0 Å². The van der Waals surface area contributed by atoms with Crippen LogP contribution in [0, 0.1) is 0 Å². The third-order valence-electron chi connectivity index (χ3n) is 4.95. The van der Waals surface area contributed by atoms with Crippen molar-refractivity contribution in [1.82, 2.24) is 30.0 Å². The van der Waals surface area contributed by atoms with Gasteiger partial charge in [-0.1, -0.05) is 30.3 Å². The standard InChI is InChI=1S/C21H26N8O.HI/c1-3-22-21(24-13-19-23-12-18(26-19)16-7-5-4-6-8-16)28-9-10-29(20(30)15-28)17-11-25-27(2)14-17;/h4-8,11-12,14H,3,9-10,13,15H2,1-2H3,(H,22,24)(H,23,26);1H. The van der Waals surface area contributed by atoms with Crippen molar-refractivity contribution in [3.05, 3.63) is 54.7 Å². The van der Waals surface area contributed by atoms with Gasteiger partial charge in [-0.2, -0.15) is 5.10 Å². The summed E-state index contributed by atoms with van der Waals surface area (Å²) in [4.78, 5) is 28.9. The van der Waals surface area contributed by atoms with E-state index in [0.29, 0.717) is 25.6 Å². The Hall–Kier alpha value is -2.89. The maximum absolute atomic E-state index is 12.7. The van der Waals surface area contributed by atoms with Crippen LogP contribution in [0.25, 0.3) is 11.3 Å². The third-order valence-corrected chi connectivity index (χ3v) is 4.95. The quantitative estimate of drug-likeness (QED) is 0.298. The number of aromatic nitrogens is 4. The Morgan fingerprint density at radius 2 is 2.03 bits per heavy atom. The monoisotopic (exact) mass is 534 g/mol. The molecule has 1 aromatic carbocycles. The summed E-state index contributed by atoms with van der Waals surface area (Å²) in [6.45, 7) is 4.71. The number of H-pyrrole nitrogens is 1. The Bertz CT molecular complexity index is 1030. The van der Waals surface area contributed by atoms with Crippen LogP contribution in [0.1, 0.15) is 12.7 Å². The number of aryl methyl sites for hydroxylation is 1. The van der Waals surface area contributed by atoms with Gasteiger partial charge in [-0.05, 0) is 12.5 Å². The first-order valence-electron chi connectivity index (χ1n) is 10.1. The lowest BCUT2D eigenvalue weighted by Gasteiger charge is -2.35. The van der Waals surface area contributed by atoms with Crippen LogP contribution in [-0.4, -0.2) is 62.7 Å². The van der Waals surface area contributed by atoms with Gasteiger partial charge < -0.3 is 20.1 Å². The number of hydrogen-bond acceptors (Lipinski definition) is 4. The first-order chi connectivity index (χ1) is 14.6. The van der Waals surface area contributed by atoms with Crippen LogP contribution in [0.4, 0.5) is 5.69 Å². The number of imidazole rings is 1. The number of anilines is 1. The Kier molecular flexibility index (Phi) is 7.66. The number of nitrogens with one attached hydrogen (secondary N) is 2. The minimum atomic E-state index is 0. The van der Waals surface area contributed by atoms with Crippen molar-refractivity contribution in [2.24, 2.45) is 12.0 Å². The minimum absolute atomic E-state index is 0. The summed E-state index contributed by atoms with van der Waals surface area (Å²) in [7, 11) is 1.85. The van der Waals surface area contributed by atoms with E-state index in [4.69, 9.17) is 4.99 Å². The van der Waals surface area contributed by atoms with Crippen LogP contribution in [0.5, 0.6) is 0 Å². The highest BCUT2D eigenvalue weighted by molar-refractivity contribution is 14.0. The zero-order valence-electron chi connectivity index (χ0n) is 17.7. The lowest BCUT2D eigenvalue weighted by Crippen LogP contribution is -2.55. The molecule has 0 radical (unpaired) electrons. The van der Waals surface area contributed by atoms with Crippen LogP contribution < -0.4 is 10.2 Å². The Balaban J connectivity index is 0.00000272. The number of guanidine groups is 1. The van der Waals surface area contributed by atoms with Crippen molar-refractivity contribution < 1.29 is 4.79 Å². The zero-order valence-corrected chi connectivity index (χ0v) is 20.0. The second-order valence-electron chi connectivity index (χ2n) is 7.12. The van der Waals surface area contributed by atoms with Crippen LogP contribution >= 0.6 is 24.0 Å². The van der Waals surface area contributed by atoms with Gasteiger partial charge in [0.1, 0.15) is 18.9 Å². The molecule has 4 rings (SSSR count). The molecule has 1 aliphatic rings. The molecular formula is C21H27IN8O. The summed E-state index contributed by atoms with van der Waals surface area (Å²) >= 11 is 0. The Morgan fingerprint density at radius 3 is 2.71 bits per heavy atom. The fourth-order valence-corrected chi connectivity index (χ4v) is 3.46. The summed E-state index contributed by atoms with van der Waals surface area (Å²) in [5.41, 5.74) is 2.88. The predicted octanol–water partition coefficient (Wildman–Crippen LogP) is 2.24. The lowest BCUT2D eigenvalue weighted by atomic mass is 10.2. The second kappa shape index (κ2) is 10.4. The molecule has 0 saturated carbocycles. The van der Waals surface area contributed by atoms with Gasteiger partial charge in [-0.15, -0.1) is 24.0 Å². The third kappa shape index (κ3) is 5.43. The highest BCUT2D eigenvalue weighted by Gasteiger charge is 2.27. The number of carbonyl (C=O) groups excluding carboxylic acids is 1. The summed E-state index contributed by atoms with van der Waals surface area (Å²) in [5, 5.41) is 7.45. The number of amides is 1. The highest BCUT2D eigenvalue weighted by atomic mass is 127. The molecule has 9 nitrogen and oxygen atoms in total. The largest absolute Gasteiger partial charge is 0.356 e. The van der Waals surface area contributed by atoms with Gasteiger partial charge in [0.15, 0.2) is 5.96 Å². The number of piperazine rings is 1. The first kappa shape index (κ1) is 22.8. The smallest absolute Gasteiger partial charge is 0.246 e. The fraction of sp³-hybridized carbons (Fsp3) is 0.333. The molecule has 10 heteroatoms. The second-order valence-corrected chi connectivity index (χ2v) is 7.12. The van der Waals surface area contributed by atoms with Gasteiger partial charge in [-0.3, -0.25) is 9.48 Å². The Morgan fingerprint density at radius 1 is 1.23 bits per heavy atom. The van der Waals surface area contributed by atoms with E-state index in [-0.39, 0.29) is 36.4 Å². The number of nitrogens with zero attached hydrogens (tertiary/aromatic N) is 6. The average molecular weight is 534 g/mol. The molecule has 1 aliphatic heterocycles. The zero-order chi connectivity index (χ0) is 20.9. The van der Waals surface area contributed by atoms with Crippen LogP contribution in [-0.2, 0) is 18.4 Å². The van der Waals surface area contributed by atoms with Gasteiger partial charge in [-0.25, -0.2) is 9.98 Å². The number of carbonyl (C=O) groups is 1. The highest BCUT2D eigenvalue weighted by Crippen LogP contribution is 2.17. The number of benzene rings is 1. The van der Waals surface area contributed by atoms with Gasteiger partial charge in [0, 0.05) is 32.9 Å². The van der Waals surface area contributed by atoms with E-state index in [1.54, 1.807) is 15.8 Å². The molecule has 3 heterocycles. The van der Waals surface area contributed by atoms with E-state index in [1.807, 2.05) is 61.6 Å². The number of aliphatic imine (C=N–C) groups is 1. The van der Waals surface area contributed by atoms with E-state index in [9.17, 15) is 4.79 Å². The van der Waals surface area contributed by atoms with Gasteiger partial charge in [0.05, 0.1) is 23.8 Å². The average Bonchev–Trinajstić information content (AvgIpc) is 3.41. The molecule has 0 unspecified atom stereocenters. The van der Waals surface area contributed by atoms with Crippen LogP contribution in [0.2, 0.25) is 0 Å².